The van der Waals surface area contributed by atoms with Gasteiger partial charge < -0.3 is 4.98 Å². The maximum atomic E-state index is 4.18. The first-order chi connectivity index (χ1) is 6.86. The van der Waals surface area contributed by atoms with E-state index in [1.165, 1.54) is 37.8 Å². The lowest BCUT2D eigenvalue weighted by molar-refractivity contribution is 0.629. The van der Waals surface area contributed by atoms with Crippen molar-refractivity contribution in [2.45, 2.75) is 45.4 Å². The van der Waals surface area contributed by atoms with E-state index in [1.807, 2.05) is 6.20 Å². The second-order valence-corrected chi connectivity index (χ2v) is 3.66. The number of aryl methyl sites for hydroxylation is 1. The number of H-pyrrole nitrogens is 1. The molecule has 0 bridgehead atoms. The van der Waals surface area contributed by atoms with E-state index in [0.29, 0.717) is 0 Å². The molecule has 0 radical (unpaired) electrons. The molecule has 0 unspecified atom stereocenters. The average Bonchev–Trinajstić information content (AvgIpc) is 2.65. The minimum absolute atomic E-state index is 0.883. The summed E-state index contributed by atoms with van der Waals surface area (Å²) in [6, 6.07) is 0. The minimum atomic E-state index is 0.883. The van der Waals surface area contributed by atoms with Crippen LogP contribution in [-0.4, -0.2) is 9.97 Å². The molecule has 1 N–H and O–H groups in total. The Bertz CT molecular complexity index is 263. The van der Waals surface area contributed by atoms with Crippen molar-refractivity contribution in [3.8, 4) is 0 Å². The van der Waals surface area contributed by atoms with Gasteiger partial charge in [0.15, 0.2) is 0 Å². The van der Waals surface area contributed by atoms with Crippen molar-refractivity contribution in [1.29, 1.82) is 0 Å². The molecule has 0 aliphatic heterocycles. The van der Waals surface area contributed by atoms with Crippen LogP contribution in [-0.2, 0) is 6.42 Å². The van der Waals surface area contributed by atoms with Crippen LogP contribution in [0.1, 0.15) is 50.5 Å². The highest BCUT2D eigenvalue weighted by Crippen LogP contribution is 2.07. The summed E-state index contributed by atoms with van der Waals surface area (Å²) in [7, 11) is 0. The monoisotopic (exact) mass is 192 g/mol. The van der Waals surface area contributed by atoms with E-state index in [1.54, 1.807) is 6.08 Å². The molecule has 78 valence electrons. The maximum absolute atomic E-state index is 4.18. The van der Waals surface area contributed by atoms with Crippen molar-refractivity contribution in [3.63, 3.8) is 0 Å². The standard InChI is InChI=1S/C12H20N2/c1-3-5-6-7-8-9-11-10-13-12(4-2)14-11/h4,10H,2-3,5-9H2,1H3,(H,13,14). The molecule has 0 atom stereocenters. The average molecular weight is 192 g/mol. The largest absolute Gasteiger partial charge is 0.342 e. The number of aromatic nitrogens is 2. The number of nitrogens with one attached hydrogen (secondary N) is 1. The molecule has 0 saturated heterocycles. The Labute approximate surface area is 86.5 Å². The summed E-state index contributed by atoms with van der Waals surface area (Å²) in [5.74, 6) is 0.883. The first-order valence-electron chi connectivity index (χ1n) is 5.53. The molecule has 2 nitrogen and oxygen atoms in total. The lowest BCUT2D eigenvalue weighted by Crippen LogP contribution is -1.86. The van der Waals surface area contributed by atoms with Crippen molar-refractivity contribution in [2.75, 3.05) is 0 Å². The van der Waals surface area contributed by atoms with Gasteiger partial charge in [-0.2, -0.15) is 0 Å². The van der Waals surface area contributed by atoms with Gasteiger partial charge in [-0.1, -0.05) is 39.2 Å². The van der Waals surface area contributed by atoms with Crippen LogP contribution in [0.4, 0.5) is 0 Å². The third-order valence-electron chi connectivity index (χ3n) is 2.39. The van der Waals surface area contributed by atoms with E-state index in [2.05, 4.69) is 23.5 Å². The summed E-state index contributed by atoms with van der Waals surface area (Å²) in [6.07, 6.45) is 11.4. The van der Waals surface area contributed by atoms with Crippen molar-refractivity contribution in [1.82, 2.24) is 9.97 Å². The highest BCUT2D eigenvalue weighted by atomic mass is 14.9. The molecule has 0 saturated carbocycles. The van der Waals surface area contributed by atoms with Crippen molar-refractivity contribution in [3.05, 3.63) is 24.3 Å². The van der Waals surface area contributed by atoms with Gasteiger partial charge in [0.2, 0.25) is 0 Å². The quantitative estimate of drug-likeness (QED) is 0.657. The van der Waals surface area contributed by atoms with Crippen molar-refractivity contribution >= 4 is 6.08 Å². The molecule has 0 spiro atoms. The van der Waals surface area contributed by atoms with Crippen molar-refractivity contribution < 1.29 is 0 Å². The van der Waals surface area contributed by atoms with E-state index < -0.39 is 0 Å². The molecule has 1 rings (SSSR count). The Hall–Kier alpha value is -1.05. The van der Waals surface area contributed by atoms with Gasteiger partial charge >= 0.3 is 0 Å². The molecule has 0 aromatic carbocycles. The number of aromatic amines is 1. The molecule has 1 heterocycles. The van der Waals surface area contributed by atoms with Gasteiger partial charge in [-0.3, -0.25) is 0 Å². The SMILES string of the molecule is C=Cc1ncc(CCCCCCC)[nH]1. The van der Waals surface area contributed by atoms with Crippen LogP contribution in [0.5, 0.6) is 0 Å². The van der Waals surface area contributed by atoms with E-state index in [4.69, 9.17) is 0 Å². The van der Waals surface area contributed by atoms with Gasteiger partial charge in [0.25, 0.3) is 0 Å². The van der Waals surface area contributed by atoms with Gasteiger partial charge in [0.1, 0.15) is 5.82 Å². The topological polar surface area (TPSA) is 28.7 Å². The van der Waals surface area contributed by atoms with E-state index >= 15 is 0 Å². The zero-order valence-corrected chi connectivity index (χ0v) is 9.05. The molecule has 1 aromatic rings. The molecule has 0 aliphatic carbocycles. The van der Waals surface area contributed by atoms with Gasteiger partial charge in [0, 0.05) is 11.9 Å². The number of imidazole rings is 1. The smallest absolute Gasteiger partial charge is 0.129 e. The Balaban J connectivity index is 2.14. The van der Waals surface area contributed by atoms with Crippen LogP contribution in [0.25, 0.3) is 6.08 Å². The highest BCUT2D eigenvalue weighted by molar-refractivity contribution is 5.36. The summed E-state index contributed by atoms with van der Waals surface area (Å²) in [5, 5.41) is 0. The number of nitrogens with zero attached hydrogens (tertiary/aromatic N) is 1. The van der Waals surface area contributed by atoms with Gasteiger partial charge in [-0.25, -0.2) is 4.98 Å². The Morgan fingerprint density at radius 3 is 2.79 bits per heavy atom. The number of unbranched alkanes of at least 4 members (excludes halogenated alkanes) is 4. The fourth-order valence-corrected chi connectivity index (χ4v) is 1.53. The van der Waals surface area contributed by atoms with E-state index in [9.17, 15) is 0 Å². The third-order valence-corrected chi connectivity index (χ3v) is 2.39. The molecule has 0 fully saturated rings. The van der Waals surface area contributed by atoms with E-state index in [-0.39, 0.29) is 0 Å². The van der Waals surface area contributed by atoms with Crippen LogP contribution in [0, 0.1) is 0 Å². The third kappa shape index (κ3) is 3.77. The summed E-state index contributed by atoms with van der Waals surface area (Å²) < 4.78 is 0. The van der Waals surface area contributed by atoms with E-state index in [0.717, 1.165) is 12.2 Å². The molecule has 14 heavy (non-hydrogen) atoms. The molecular formula is C12H20N2. The van der Waals surface area contributed by atoms with Crippen molar-refractivity contribution in [2.24, 2.45) is 0 Å². The molecule has 2 heteroatoms. The first kappa shape index (κ1) is 11.0. The highest BCUT2D eigenvalue weighted by Gasteiger charge is 1.97. The Morgan fingerprint density at radius 1 is 1.36 bits per heavy atom. The molecule has 1 aromatic heterocycles. The van der Waals surface area contributed by atoms with Crippen LogP contribution in [0.15, 0.2) is 12.8 Å². The fraction of sp³-hybridized carbons (Fsp3) is 0.583. The normalized spacial score (nSPS) is 10.4. The number of rotatable bonds is 7. The summed E-state index contributed by atoms with van der Waals surface area (Å²) in [5.41, 5.74) is 1.23. The maximum Gasteiger partial charge on any atom is 0.129 e. The van der Waals surface area contributed by atoms with Crippen LogP contribution in [0.3, 0.4) is 0 Å². The number of hydrogen-bond donors (Lipinski definition) is 1. The Morgan fingerprint density at radius 2 is 2.14 bits per heavy atom. The number of hydrogen-bond acceptors (Lipinski definition) is 1. The van der Waals surface area contributed by atoms with Crippen LogP contribution < -0.4 is 0 Å². The fourth-order valence-electron chi connectivity index (χ4n) is 1.53. The van der Waals surface area contributed by atoms with Gasteiger partial charge in [0.05, 0.1) is 0 Å². The second-order valence-electron chi connectivity index (χ2n) is 3.66. The summed E-state index contributed by atoms with van der Waals surface area (Å²) in [4.78, 5) is 7.40. The summed E-state index contributed by atoms with van der Waals surface area (Å²) >= 11 is 0. The van der Waals surface area contributed by atoms with Crippen LogP contribution >= 0.6 is 0 Å². The molecular weight excluding hydrogens is 172 g/mol. The Kier molecular flexibility index (Phi) is 5.05. The van der Waals surface area contributed by atoms with Gasteiger partial charge in [-0.05, 0) is 18.9 Å². The minimum Gasteiger partial charge on any atom is -0.342 e. The first-order valence-corrected chi connectivity index (χ1v) is 5.53. The lowest BCUT2D eigenvalue weighted by atomic mass is 10.1. The van der Waals surface area contributed by atoms with Crippen LogP contribution in [0.2, 0.25) is 0 Å². The second kappa shape index (κ2) is 6.41. The molecule has 0 amide bonds. The molecule has 0 aliphatic rings. The lowest BCUT2D eigenvalue weighted by Gasteiger charge is -1.97. The summed E-state index contributed by atoms with van der Waals surface area (Å²) in [6.45, 7) is 5.91. The van der Waals surface area contributed by atoms with Gasteiger partial charge in [-0.15, -0.1) is 0 Å². The zero-order valence-electron chi connectivity index (χ0n) is 9.05. The zero-order chi connectivity index (χ0) is 10.2. The predicted molar refractivity (Wildman–Crippen MR) is 61.1 cm³/mol. The predicted octanol–water partition coefficient (Wildman–Crippen LogP) is 3.57.